The monoisotopic (exact) mass is 262 g/mol. The van der Waals surface area contributed by atoms with E-state index in [9.17, 15) is 4.79 Å². The lowest BCUT2D eigenvalue weighted by Crippen LogP contribution is -2.16. The first-order valence-electron chi connectivity index (χ1n) is 6.03. The SMILES string of the molecule is O=C(OCCOCC1CO1)OCCOCC1CO1. The molecule has 18 heavy (non-hydrogen) atoms. The molecule has 0 saturated carbocycles. The Balaban J connectivity index is 1.30. The molecule has 104 valence electrons. The second kappa shape index (κ2) is 7.52. The Labute approximate surface area is 105 Å². The summed E-state index contributed by atoms with van der Waals surface area (Å²) in [7, 11) is 0. The fraction of sp³-hybridized carbons (Fsp3) is 0.909. The van der Waals surface area contributed by atoms with Gasteiger partial charge in [0, 0.05) is 0 Å². The average Bonchev–Trinajstić information content (AvgIpc) is 3.23. The van der Waals surface area contributed by atoms with Gasteiger partial charge in [0.2, 0.25) is 0 Å². The molecule has 0 aromatic rings. The van der Waals surface area contributed by atoms with Crippen LogP contribution < -0.4 is 0 Å². The predicted molar refractivity (Wildman–Crippen MR) is 58.4 cm³/mol. The second-order valence-electron chi connectivity index (χ2n) is 4.01. The van der Waals surface area contributed by atoms with Crippen molar-refractivity contribution in [3.63, 3.8) is 0 Å². The zero-order valence-corrected chi connectivity index (χ0v) is 10.2. The molecule has 0 N–H and O–H groups in total. The Kier molecular flexibility index (Phi) is 5.66. The first-order chi connectivity index (χ1) is 8.84. The molecule has 2 rings (SSSR count). The van der Waals surface area contributed by atoms with Crippen LogP contribution in [-0.2, 0) is 28.4 Å². The third-order valence-corrected chi connectivity index (χ3v) is 2.31. The van der Waals surface area contributed by atoms with E-state index in [-0.39, 0.29) is 25.4 Å². The first kappa shape index (κ1) is 13.5. The van der Waals surface area contributed by atoms with Gasteiger partial charge in [0.25, 0.3) is 0 Å². The lowest BCUT2D eigenvalue weighted by Gasteiger charge is -2.06. The van der Waals surface area contributed by atoms with E-state index in [4.69, 9.17) is 28.4 Å². The molecule has 7 heteroatoms. The third-order valence-electron chi connectivity index (χ3n) is 2.31. The van der Waals surface area contributed by atoms with E-state index in [1.165, 1.54) is 0 Å². The molecular weight excluding hydrogens is 244 g/mol. The van der Waals surface area contributed by atoms with Crippen molar-refractivity contribution in [1.29, 1.82) is 0 Å². The molecule has 0 bridgehead atoms. The van der Waals surface area contributed by atoms with Crippen LogP contribution in [0.25, 0.3) is 0 Å². The highest BCUT2D eigenvalue weighted by Crippen LogP contribution is 2.08. The maximum atomic E-state index is 11.1. The molecule has 2 aliphatic heterocycles. The topological polar surface area (TPSA) is 79.1 Å². The van der Waals surface area contributed by atoms with Crippen molar-refractivity contribution in [3.05, 3.63) is 0 Å². The van der Waals surface area contributed by atoms with Gasteiger partial charge in [-0.1, -0.05) is 0 Å². The van der Waals surface area contributed by atoms with Gasteiger partial charge in [-0.15, -0.1) is 0 Å². The molecule has 0 aromatic carbocycles. The van der Waals surface area contributed by atoms with E-state index in [0.29, 0.717) is 26.4 Å². The molecule has 0 amide bonds. The Hall–Kier alpha value is -0.890. The molecule has 0 aliphatic carbocycles. The van der Waals surface area contributed by atoms with Crippen LogP contribution in [0, 0.1) is 0 Å². The number of epoxide rings is 2. The van der Waals surface area contributed by atoms with Crippen LogP contribution in [0.5, 0.6) is 0 Å². The lowest BCUT2D eigenvalue weighted by molar-refractivity contribution is 0.00801. The van der Waals surface area contributed by atoms with Crippen molar-refractivity contribution in [3.8, 4) is 0 Å². The highest BCUT2D eigenvalue weighted by molar-refractivity contribution is 5.59. The van der Waals surface area contributed by atoms with Gasteiger partial charge in [0.15, 0.2) is 0 Å². The molecule has 0 radical (unpaired) electrons. The minimum Gasteiger partial charge on any atom is -0.432 e. The Morgan fingerprint density at radius 3 is 1.72 bits per heavy atom. The van der Waals surface area contributed by atoms with Crippen molar-refractivity contribution >= 4 is 6.16 Å². The summed E-state index contributed by atoms with van der Waals surface area (Å²) < 4.78 is 29.8. The van der Waals surface area contributed by atoms with Gasteiger partial charge in [-0.05, 0) is 0 Å². The number of carbonyl (C=O) groups excluding carboxylic acids is 1. The predicted octanol–water partition coefficient (Wildman–Crippen LogP) is -0.0296. The van der Waals surface area contributed by atoms with Gasteiger partial charge in [-0.3, -0.25) is 0 Å². The van der Waals surface area contributed by atoms with Crippen LogP contribution in [0.4, 0.5) is 4.79 Å². The summed E-state index contributed by atoms with van der Waals surface area (Å²) in [6.45, 7) is 3.69. The van der Waals surface area contributed by atoms with Crippen LogP contribution in [0.1, 0.15) is 0 Å². The van der Waals surface area contributed by atoms with Crippen LogP contribution in [-0.4, -0.2) is 71.2 Å². The van der Waals surface area contributed by atoms with Crippen molar-refractivity contribution in [1.82, 2.24) is 0 Å². The summed E-state index contributed by atoms with van der Waals surface area (Å²) in [6, 6.07) is 0. The second-order valence-corrected chi connectivity index (χ2v) is 4.01. The average molecular weight is 262 g/mol. The maximum absolute atomic E-state index is 11.1. The van der Waals surface area contributed by atoms with Crippen LogP contribution in [0.3, 0.4) is 0 Å². The minimum absolute atomic E-state index is 0.183. The number of ether oxygens (including phenoxy) is 6. The van der Waals surface area contributed by atoms with Gasteiger partial charge in [-0.25, -0.2) is 4.79 Å². The van der Waals surface area contributed by atoms with Gasteiger partial charge in [0.1, 0.15) is 25.4 Å². The fourth-order valence-corrected chi connectivity index (χ4v) is 1.17. The van der Waals surface area contributed by atoms with Gasteiger partial charge in [-0.2, -0.15) is 0 Å². The Morgan fingerprint density at radius 2 is 1.33 bits per heavy atom. The van der Waals surface area contributed by atoms with Crippen LogP contribution in [0.2, 0.25) is 0 Å². The Morgan fingerprint density at radius 1 is 0.889 bits per heavy atom. The number of hydrogen-bond acceptors (Lipinski definition) is 7. The maximum Gasteiger partial charge on any atom is 0.508 e. The van der Waals surface area contributed by atoms with Crippen molar-refractivity contribution in [2.24, 2.45) is 0 Å². The molecule has 0 aromatic heterocycles. The van der Waals surface area contributed by atoms with E-state index < -0.39 is 6.16 Å². The fourth-order valence-electron chi connectivity index (χ4n) is 1.17. The van der Waals surface area contributed by atoms with Gasteiger partial charge < -0.3 is 28.4 Å². The largest absolute Gasteiger partial charge is 0.508 e. The molecular formula is C11H18O7. The Bertz CT molecular complexity index is 226. The molecule has 2 saturated heterocycles. The van der Waals surface area contributed by atoms with Gasteiger partial charge >= 0.3 is 6.16 Å². The van der Waals surface area contributed by atoms with E-state index in [1.807, 2.05) is 0 Å². The van der Waals surface area contributed by atoms with Crippen LogP contribution in [0.15, 0.2) is 0 Å². The quantitative estimate of drug-likeness (QED) is 0.311. The summed E-state index contributed by atoms with van der Waals surface area (Å²) >= 11 is 0. The summed E-state index contributed by atoms with van der Waals surface area (Å²) in [5, 5.41) is 0. The number of rotatable bonds is 10. The summed E-state index contributed by atoms with van der Waals surface area (Å²) in [5.41, 5.74) is 0. The molecule has 7 nitrogen and oxygen atoms in total. The van der Waals surface area contributed by atoms with Crippen LogP contribution >= 0.6 is 0 Å². The molecule has 2 aliphatic rings. The normalized spacial score (nSPS) is 24.7. The summed E-state index contributed by atoms with van der Waals surface area (Å²) in [6.07, 6.45) is -0.248. The highest BCUT2D eigenvalue weighted by atomic mass is 16.7. The van der Waals surface area contributed by atoms with E-state index in [2.05, 4.69) is 0 Å². The van der Waals surface area contributed by atoms with Crippen molar-refractivity contribution in [2.75, 3.05) is 52.9 Å². The van der Waals surface area contributed by atoms with E-state index >= 15 is 0 Å². The molecule has 0 spiro atoms. The summed E-state index contributed by atoms with van der Waals surface area (Å²) in [4.78, 5) is 11.1. The third kappa shape index (κ3) is 6.75. The summed E-state index contributed by atoms with van der Waals surface area (Å²) in [5.74, 6) is 0. The van der Waals surface area contributed by atoms with Gasteiger partial charge in [0.05, 0.1) is 39.6 Å². The molecule has 2 atom stereocenters. The van der Waals surface area contributed by atoms with Crippen molar-refractivity contribution in [2.45, 2.75) is 12.2 Å². The molecule has 2 heterocycles. The number of carbonyl (C=O) groups is 1. The molecule has 2 fully saturated rings. The highest BCUT2D eigenvalue weighted by Gasteiger charge is 2.22. The smallest absolute Gasteiger partial charge is 0.432 e. The van der Waals surface area contributed by atoms with Crippen molar-refractivity contribution < 1.29 is 33.2 Å². The van der Waals surface area contributed by atoms with E-state index in [1.54, 1.807) is 0 Å². The number of hydrogen-bond donors (Lipinski definition) is 0. The minimum atomic E-state index is -0.701. The first-order valence-corrected chi connectivity index (χ1v) is 6.03. The standard InChI is InChI=1S/C11H18O7/c12-11(15-3-1-13-5-9-7-17-9)16-4-2-14-6-10-8-18-10/h9-10H,1-8H2. The van der Waals surface area contributed by atoms with E-state index in [0.717, 1.165) is 13.2 Å². The zero-order valence-electron chi connectivity index (χ0n) is 10.2. The zero-order chi connectivity index (χ0) is 12.6. The molecule has 2 unspecified atom stereocenters. The lowest BCUT2D eigenvalue weighted by atomic mass is 10.5.